The van der Waals surface area contributed by atoms with Gasteiger partial charge in [0, 0.05) is 13.6 Å². The maximum Gasteiger partial charge on any atom is 0.416 e. The third-order valence-electron chi connectivity index (χ3n) is 1.79. The number of nitrogens with one attached hydrogen (secondary N) is 1. The van der Waals surface area contributed by atoms with Gasteiger partial charge >= 0.3 is 6.18 Å². The van der Waals surface area contributed by atoms with E-state index in [1.165, 1.54) is 19.2 Å². The topological polar surface area (TPSA) is 35.5 Å². The van der Waals surface area contributed by atoms with Crippen LogP contribution in [-0.2, 0) is 12.7 Å². The molecule has 1 rings (SSSR count). The van der Waals surface area contributed by atoms with E-state index in [2.05, 4.69) is 5.43 Å². The zero-order chi connectivity index (χ0) is 11.5. The Labute approximate surface area is 85.1 Å². The summed E-state index contributed by atoms with van der Waals surface area (Å²) in [5.41, 5.74) is 2.51. The third kappa shape index (κ3) is 3.86. The van der Waals surface area contributed by atoms with Crippen LogP contribution in [0.25, 0.3) is 0 Å². The largest absolute Gasteiger partial charge is 0.416 e. The average molecular weight is 220 g/mol. The molecule has 0 radical (unpaired) electrons. The minimum Gasteiger partial charge on any atom is -0.299 e. The van der Waals surface area contributed by atoms with Crippen LogP contribution in [0.5, 0.6) is 0 Å². The predicted octanol–water partition coefficient (Wildman–Crippen LogP) is 2.03. The minimum absolute atomic E-state index is 0.269. The van der Waals surface area contributed by atoms with Crippen LogP contribution in [-0.4, -0.2) is 17.4 Å². The van der Waals surface area contributed by atoms with Crippen LogP contribution in [0.15, 0.2) is 24.3 Å². The van der Waals surface area contributed by atoms with E-state index < -0.39 is 11.7 Å². The van der Waals surface area contributed by atoms with Crippen LogP contribution >= 0.6 is 0 Å². The molecule has 6 heteroatoms. The Balaban J connectivity index is 2.65. The van der Waals surface area contributed by atoms with Gasteiger partial charge in [-0.2, -0.15) is 13.2 Å². The summed E-state index contributed by atoms with van der Waals surface area (Å²) in [6.45, 7) is 0.269. The zero-order valence-corrected chi connectivity index (χ0v) is 8.04. The second-order valence-corrected chi connectivity index (χ2v) is 3.05. The van der Waals surface area contributed by atoms with Gasteiger partial charge in [0.05, 0.1) is 5.56 Å². The smallest absolute Gasteiger partial charge is 0.299 e. The lowest BCUT2D eigenvalue weighted by molar-refractivity contribution is -0.137. The van der Waals surface area contributed by atoms with Crippen LogP contribution in [0, 0.1) is 0 Å². The van der Waals surface area contributed by atoms with Crippen molar-refractivity contribution in [3.05, 3.63) is 35.4 Å². The molecule has 84 valence electrons. The summed E-state index contributed by atoms with van der Waals surface area (Å²) in [7, 11) is 1.38. The van der Waals surface area contributed by atoms with E-state index in [0.29, 0.717) is 5.56 Å². The predicted molar refractivity (Wildman–Crippen MR) is 47.8 cm³/mol. The number of alkyl halides is 3. The average Bonchev–Trinajstić information content (AvgIpc) is 2.14. The molecule has 0 aromatic heterocycles. The van der Waals surface area contributed by atoms with Gasteiger partial charge in [-0.05, 0) is 17.7 Å². The summed E-state index contributed by atoms with van der Waals surface area (Å²) in [5.74, 6) is 0. The number of hydrogen-bond donors (Lipinski definition) is 2. The molecular formula is C9H11F3N2O. The summed E-state index contributed by atoms with van der Waals surface area (Å²) in [4.78, 5) is 0. The van der Waals surface area contributed by atoms with Crippen molar-refractivity contribution < 1.29 is 18.4 Å². The van der Waals surface area contributed by atoms with E-state index in [1.54, 1.807) is 0 Å². The molecule has 0 spiro atoms. The molecule has 2 N–H and O–H groups in total. The first-order valence-electron chi connectivity index (χ1n) is 4.22. The van der Waals surface area contributed by atoms with E-state index in [-0.39, 0.29) is 6.54 Å². The van der Waals surface area contributed by atoms with Crippen LogP contribution in [0.4, 0.5) is 13.2 Å². The maximum atomic E-state index is 12.2. The van der Waals surface area contributed by atoms with Gasteiger partial charge in [0.25, 0.3) is 0 Å². The molecule has 0 amide bonds. The Bertz CT molecular complexity index is 308. The van der Waals surface area contributed by atoms with Crippen LogP contribution in [0.2, 0.25) is 0 Å². The van der Waals surface area contributed by atoms with Gasteiger partial charge in [-0.15, -0.1) is 5.17 Å². The monoisotopic (exact) mass is 220 g/mol. The summed E-state index contributed by atoms with van der Waals surface area (Å²) in [6, 6.07) is 4.74. The van der Waals surface area contributed by atoms with Gasteiger partial charge in [-0.3, -0.25) is 5.21 Å². The number of halogens is 3. The van der Waals surface area contributed by atoms with Crippen molar-refractivity contribution in [2.45, 2.75) is 12.7 Å². The molecule has 0 unspecified atom stereocenters. The van der Waals surface area contributed by atoms with E-state index in [4.69, 9.17) is 5.21 Å². The highest BCUT2D eigenvalue weighted by Crippen LogP contribution is 2.28. The fourth-order valence-corrected chi connectivity index (χ4v) is 1.02. The Morgan fingerprint density at radius 1 is 1.27 bits per heavy atom. The first kappa shape index (κ1) is 12.0. The first-order valence-corrected chi connectivity index (χ1v) is 4.22. The Morgan fingerprint density at radius 3 is 2.20 bits per heavy atom. The van der Waals surface area contributed by atoms with Gasteiger partial charge in [0.2, 0.25) is 0 Å². The molecule has 0 atom stereocenters. The highest BCUT2D eigenvalue weighted by atomic mass is 19.4. The normalized spacial score (nSPS) is 12.1. The van der Waals surface area contributed by atoms with Gasteiger partial charge in [-0.1, -0.05) is 12.1 Å². The number of benzene rings is 1. The number of hydroxylamine groups is 1. The molecule has 0 aliphatic heterocycles. The SMILES string of the molecule is CN(O)NCc1ccc(C(F)(F)F)cc1. The molecule has 0 fully saturated rings. The van der Waals surface area contributed by atoms with Crippen molar-refractivity contribution in [2.24, 2.45) is 0 Å². The number of nitrogens with zero attached hydrogens (tertiary/aromatic N) is 1. The molecule has 3 nitrogen and oxygen atoms in total. The second-order valence-electron chi connectivity index (χ2n) is 3.05. The number of hydrogen-bond acceptors (Lipinski definition) is 3. The Hall–Kier alpha value is -1.11. The molecule has 1 aromatic rings. The lowest BCUT2D eigenvalue weighted by atomic mass is 10.1. The molecule has 0 saturated heterocycles. The molecule has 0 heterocycles. The molecule has 0 bridgehead atoms. The fraction of sp³-hybridized carbons (Fsp3) is 0.333. The standard InChI is InChI=1S/C9H11F3N2O/c1-14(15)13-6-7-2-4-8(5-3-7)9(10,11)12/h2-5,13,15H,6H2,1H3. The highest BCUT2D eigenvalue weighted by Gasteiger charge is 2.29. The van der Waals surface area contributed by atoms with Crippen molar-refractivity contribution in [3.63, 3.8) is 0 Å². The molecule has 15 heavy (non-hydrogen) atoms. The zero-order valence-electron chi connectivity index (χ0n) is 8.04. The van der Waals surface area contributed by atoms with Crippen molar-refractivity contribution in [3.8, 4) is 0 Å². The first-order chi connectivity index (χ1) is 6.89. The molecule has 0 aliphatic carbocycles. The van der Waals surface area contributed by atoms with Gasteiger partial charge in [0.1, 0.15) is 0 Å². The number of rotatable bonds is 3. The van der Waals surface area contributed by atoms with Gasteiger partial charge in [-0.25, -0.2) is 5.43 Å². The maximum absolute atomic E-state index is 12.2. The molecule has 0 saturated carbocycles. The highest BCUT2D eigenvalue weighted by molar-refractivity contribution is 5.24. The lowest BCUT2D eigenvalue weighted by Gasteiger charge is -2.11. The lowest BCUT2D eigenvalue weighted by Crippen LogP contribution is -2.30. The quantitative estimate of drug-likeness (QED) is 0.765. The van der Waals surface area contributed by atoms with Crippen molar-refractivity contribution >= 4 is 0 Å². The third-order valence-corrected chi connectivity index (χ3v) is 1.79. The van der Waals surface area contributed by atoms with Gasteiger partial charge in [0.15, 0.2) is 0 Å². The van der Waals surface area contributed by atoms with Crippen molar-refractivity contribution in [1.29, 1.82) is 0 Å². The van der Waals surface area contributed by atoms with E-state index >= 15 is 0 Å². The van der Waals surface area contributed by atoms with E-state index in [0.717, 1.165) is 17.3 Å². The van der Waals surface area contributed by atoms with Crippen LogP contribution in [0.1, 0.15) is 11.1 Å². The minimum atomic E-state index is -4.31. The van der Waals surface area contributed by atoms with Crippen LogP contribution in [0.3, 0.4) is 0 Å². The Kier molecular flexibility index (Phi) is 3.67. The summed E-state index contributed by atoms with van der Waals surface area (Å²) >= 11 is 0. The molecule has 0 aliphatic rings. The van der Waals surface area contributed by atoms with Crippen molar-refractivity contribution in [2.75, 3.05) is 7.05 Å². The van der Waals surface area contributed by atoms with Crippen molar-refractivity contribution in [1.82, 2.24) is 10.6 Å². The summed E-state index contributed by atoms with van der Waals surface area (Å²) in [6.07, 6.45) is -4.31. The second kappa shape index (κ2) is 4.61. The fourth-order valence-electron chi connectivity index (χ4n) is 1.02. The summed E-state index contributed by atoms with van der Waals surface area (Å²) < 4.78 is 36.5. The van der Waals surface area contributed by atoms with E-state index in [1.807, 2.05) is 0 Å². The number of hydrazine groups is 1. The molecule has 1 aromatic carbocycles. The van der Waals surface area contributed by atoms with Crippen LogP contribution < -0.4 is 5.43 Å². The van der Waals surface area contributed by atoms with E-state index in [9.17, 15) is 13.2 Å². The van der Waals surface area contributed by atoms with Gasteiger partial charge < -0.3 is 0 Å². The summed E-state index contributed by atoms with van der Waals surface area (Å²) in [5, 5.41) is 9.49. The Morgan fingerprint density at radius 2 is 1.80 bits per heavy atom. The molecular weight excluding hydrogens is 209 g/mol.